The number of nitrogens with zero attached hydrogens (tertiary/aromatic N) is 1. The molecular weight excluding hydrogens is 312 g/mol. The predicted molar refractivity (Wildman–Crippen MR) is 94.5 cm³/mol. The third-order valence-corrected chi connectivity index (χ3v) is 6.38. The summed E-state index contributed by atoms with van der Waals surface area (Å²) in [6.07, 6.45) is 2.82. The van der Waals surface area contributed by atoms with Gasteiger partial charge in [-0.25, -0.2) is 0 Å². The molecule has 0 spiro atoms. The van der Waals surface area contributed by atoms with E-state index in [2.05, 4.69) is 10.3 Å². The van der Waals surface area contributed by atoms with E-state index in [1.165, 1.54) is 0 Å². The summed E-state index contributed by atoms with van der Waals surface area (Å²) in [7, 11) is 4.15. The van der Waals surface area contributed by atoms with Gasteiger partial charge in [-0.3, -0.25) is 4.99 Å². The van der Waals surface area contributed by atoms with Crippen LogP contribution in [-0.2, 0) is 13.3 Å². The molecule has 0 amide bonds. The fourth-order valence-electron chi connectivity index (χ4n) is 2.11. The minimum absolute atomic E-state index is 0.743. The van der Waals surface area contributed by atoms with Gasteiger partial charge in [0.25, 0.3) is 0 Å². The summed E-state index contributed by atoms with van der Waals surface area (Å²) in [6, 6.07) is 8.63. The van der Waals surface area contributed by atoms with Gasteiger partial charge >= 0.3 is 8.80 Å². The van der Waals surface area contributed by atoms with Crippen LogP contribution >= 0.6 is 0 Å². The lowest BCUT2D eigenvalue weighted by molar-refractivity contribution is 0.123. The highest BCUT2D eigenvalue weighted by atomic mass is 28.4. The number of hydrogen-bond donors (Lipinski definition) is 1. The third kappa shape index (κ3) is 7.23. The second kappa shape index (κ2) is 11.3. The number of nitrogens with one attached hydrogen (secondary N) is 1. The number of hydrogen-bond acceptors (Lipinski definition) is 6. The van der Waals surface area contributed by atoms with Crippen molar-refractivity contribution in [3.8, 4) is 5.75 Å². The maximum Gasteiger partial charge on any atom is 0.500 e. The summed E-state index contributed by atoms with van der Waals surface area (Å²) in [5, 5.41) is 3.36. The maximum absolute atomic E-state index is 5.38. The van der Waals surface area contributed by atoms with Crippen molar-refractivity contribution in [2.24, 2.45) is 4.99 Å². The molecule has 130 valence electrons. The molecule has 0 atom stereocenters. The Hall–Kier alpha value is -1.25. The van der Waals surface area contributed by atoms with E-state index in [4.69, 9.17) is 18.0 Å². The summed E-state index contributed by atoms with van der Waals surface area (Å²) < 4.78 is 21.3. The van der Waals surface area contributed by atoms with E-state index in [0.29, 0.717) is 0 Å². The van der Waals surface area contributed by atoms with E-state index in [9.17, 15) is 0 Å². The van der Waals surface area contributed by atoms with Crippen molar-refractivity contribution in [2.45, 2.75) is 12.5 Å². The average molecular weight is 340 g/mol. The summed E-state index contributed by atoms with van der Waals surface area (Å²) in [5.41, 5.74) is 1.07. The van der Waals surface area contributed by atoms with Gasteiger partial charge < -0.3 is 23.3 Å². The van der Waals surface area contributed by atoms with E-state index in [0.717, 1.165) is 43.4 Å². The summed E-state index contributed by atoms with van der Waals surface area (Å²) in [4.78, 5) is 4.40. The van der Waals surface area contributed by atoms with E-state index in [1.54, 1.807) is 28.4 Å². The molecule has 0 radical (unpaired) electrons. The molecule has 0 heterocycles. The summed E-state index contributed by atoms with van der Waals surface area (Å²) in [6.45, 7) is 2.48. The SMILES string of the molecule is COc1ccc(C=NCCNCCC[Si](OC)(OC)OC)cc1. The maximum atomic E-state index is 5.38. The van der Waals surface area contributed by atoms with Crippen LogP contribution in [0.15, 0.2) is 29.3 Å². The molecule has 0 aliphatic heterocycles. The first-order valence-corrected chi connectivity index (χ1v) is 9.63. The topological polar surface area (TPSA) is 61.3 Å². The van der Waals surface area contributed by atoms with Gasteiger partial charge in [-0.05, 0) is 42.8 Å². The van der Waals surface area contributed by atoms with Gasteiger partial charge in [0.2, 0.25) is 0 Å². The monoisotopic (exact) mass is 340 g/mol. The van der Waals surface area contributed by atoms with Crippen LogP contribution in [0.4, 0.5) is 0 Å². The number of ether oxygens (including phenoxy) is 1. The molecule has 0 aliphatic rings. The summed E-state index contributed by atoms with van der Waals surface area (Å²) >= 11 is 0. The Morgan fingerprint density at radius 2 is 1.65 bits per heavy atom. The van der Waals surface area contributed by atoms with Crippen LogP contribution in [0.1, 0.15) is 12.0 Å². The third-order valence-electron chi connectivity index (χ3n) is 3.54. The highest BCUT2D eigenvalue weighted by Crippen LogP contribution is 2.14. The Bertz CT molecular complexity index is 442. The number of methoxy groups -OCH3 is 1. The zero-order valence-electron chi connectivity index (χ0n) is 14.5. The summed E-state index contributed by atoms with van der Waals surface area (Å²) in [5.74, 6) is 0.853. The molecule has 0 aromatic heterocycles. The first kappa shape index (κ1) is 19.8. The zero-order chi connectivity index (χ0) is 17.0. The van der Waals surface area contributed by atoms with Crippen LogP contribution in [0.2, 0.25) is 6.04 Å². The molecule has 1 aromatic carbocycles. The van der Waals surface area contributed by atoms with Crippen LogP contribution in [0.5, 0.6) is 5.75 Å². The second-order valence-electron chi connectivity index (χ2n) is 4.96. The van der Waals surface area contributed by atoms with E-state index < -0.39 is 8.80 Å². The zero-order valence-corrected chi connectivity index (χ0v) is 15.5. The first-order valence-electron chi connectivity index (χ1n) is 7.69. The Labute approximate surface area is 140 Å². The van der Waals surface area contributed by atoms with Crippen LogP contribution in [-0.4, -0.2) is 63.1 Å². The van der Waals surface area contributed by atoms with Crippen molar-refractivity contribution < 1.29 is 18.0 Å². The normalized spacial score (nSPS) is 12.0. The van der Waals surface area contributed by atoms with Crippen LogP contribution in [0.25, 0.3) is 0 Å². The van der Waals surface area contributed by atoms with Crippen molar-refractivity contribution >= 4 is 15.0 Å². The van der Waals surface area contributed by atoms with Crippen molar-refractivity contribution in [3.05, 3.63) is 29.8 Å². The lowest BCUT2D eigenvalue weighted by Crippen LogP contribution is -2.43. The smallest absolute Gasteiger partial charge is 0.497 e. The number of rotatable bonds is 12. The van der Waals surface area contributed by atoms with Gasteiger partial charge in [-0.15, -0.1) is 0 Å². The average Bonchev–Trinajstić information content (AvgIpc) is 2.61. The van der Waals surface area contributed by atoms with Gasteiger partial charge in [0.15, 0.2) is 0 Å². The quantitative estimate of drug-likeness (QED) is 0.358. The van der Waals surface area contributed by atoms with Gasteiger partial charge in [-0.1, -0.05) is 0 Å². The van der Waals surface area contributed by atoms with Gasteiger partial charge in [0, 0.05) is 40.1 Å². The molecule has 0 bridgehead atoms. The second-order valence-corrected chi connectivity index (χ2v) is 8.05. The number of aliphatic imine (C=N–C) groups is 1. The lowest BCUT2D eigenvalue weighted by atomic mass is 10.2. The largest absolute Gasteiger partial charge is 0.500 e. The first-order chi connectivity index (χ1) is 11.2. The molecule has 1 rings (SSSR count). The highest BCUT2D eigenvalue weighted by molar-refractivity contribution is 6.60. The van der Waals surface area contributed by atoms with Gasteiger partial charge in [-0.2, -0.15) is 0 Å². The van der Waals surface area contributed by atoms with E-state index in [1.807, 2.05) is 30.5 Å². The fourth-order valence-corrected chi connectivity index (χ4v) is 3.84. The lowest BCUT2D eigenvalue weighted by Gasteiger charge is -2.24. The fraction of sp³-hybridized carbons (Fsp3) is 0.562. The molecular formula is C16H28N2O4Si. The standard InChI is InChI=1S/C16H28N2O4Si/c1-19-16-8-6-15(7-9-16)14-18-12-11-17-10-5-13-23(20-2,21-3)22-4/h6-9,14,17H,5,10-13H2,1-4H3. The van der Waals surface area contributed by atoms with Crippen molar-refractivity contribution in [3.63, 3.8) is 0 Å². The molecule has 0 saturated carbocycles. The van der Waals surface area contributed by atoms with Crippen LogP contribution in [0.3, 0.4) is 0 Å². The van der Waals surface area contributed by atoms with Gasteiger partial charge in [0.1, 0.15) is 5.75 Å². The van der Waals surface area contributed by atoms with Crippen LogP contribution in [0, 0.1) is 0 Å². The highest BCUT2D eigenvalue weighted by Gasteiger charge is 2.36. The van der Waals surface area contributed by atoms with E-state index >= 15 is 0 Å². The van der Waals surface area contributed by atoms with Gasteiger partial charge in [0.05, 0.1) is 13.7 Å². The Balaban J connectivity index is 2.14. The molecule has 6 nitrogen and oxygen atoms in total. The molecule has 0 aliphatic carbocycles. The molecule has 7 heteroatoms. The van der Waals surface area contributed by atoms with Crippen molar-refractivity contribution in [2.75, 3.05) is 48.1 Å². The van der Waals surface area contributed by atoms with Crippen molar-refractivity contribution in [1.29, 1.82) is 0 Å². The molecule has 0 fully saturated rings. The van der Waals surface area contributed by atoms with Crippen LogP contribution < -0.4 is 10.1 Å². The Morgan fingerprint density at radius 1 is 1.00 bits per heavy atom. The predicted octanol–water partition coefficient (Wildman–Crippen LogP) is 1.97. The Kier molecular flexibility index (Phi) is 9.73. The van der Waals surface area contributed by atoms with Crippen molar-refractivity contribution in [1.82, 2.24) is 5.32 Å². The molecule has 23 heavy (non-hydrogen) atoms. The molecule has 1 aromatic rings. The Morgan fingerprint density at radius 3 is 2.22 bits per heavy atom. The minimum atomic E-state index is -2.42. The van der Waals surface area contributed by atoms with E-state index in [-0.39, 0.29) is 0 Å². The molecule has 0 unspecified atom stereocenters. The molecule has 1 N–H and O–H groups in total. The minimum Gasteiger partial charge on any atom is -0.497 e. The molecule has 0 saturated heterocycles. The number of benzene rings is 1.